The summed E-state index contributed by atoms with van der Waals surface area (Å²) < 4.78 is 2.10. The van der Waals surface area contributed by atoms with Crippen LogP contribution in [-0.2, 0) is 19.4 Å². The van der Waals surface area contributed by atoms with E-state index in [0.29, 0.717) is 12.1 Å². The monoisotopic (exact) mass is 304 g/mol. The number of fused-ring (bicyclic) bond motifs is 1. The van der Waals surface area contributed by atoms with Crippen molar-refractivity contribution in [1.29, 1.82) is 0 Å². The van der Waals surface area contributed by atoms with Crippen molar-refractivity contribution in [3.63, 3.8) is 0 Å². The first-order chi connectivity index (χ1) is 10.2. The van der Waals surface area contributed by atoms with Crippen molar-refractivity contribution in [3.8, 4) is 0 Å². The fraction of sp³-hybridized carbons (Fsp3) is 0.625. The Hall–Kier alpha value is -1.20. The summed E-state index contributed by atoms with van der Waals surface area (Å²) in [5.41, 5.74) is 0. The fourth-order valence-corrected chi connectivity index (χ4v) is 3.87. The van der Waals surface area contributed by atoms with Crippen molar-refractivity contribution in [2.45, 2.75) is 65.1 Å². The van der Waals surface area contributed by atoms with Crippen LogP contribution in [0.15, 0.2) is 12.1 Å². The molecule has 0 saturated heterocycles. The minimum Gasteiger partial charge on any atom is -0.300 e. The van der Waals surface area contributed by atoms with Crippen LogP contribution >= 0.6 is 11.3 Å². The molecule has 0 amide bonds. The van der Waals surface area contributed by atoms with Crippen molar-refractivity contribution < 1.29 is 0 Å². The molecule has 0 bridgehead atoms. The van der Waals surface area contributed by atoms with E-state index in [2.05, 4.69) is 48.0 Å². The van der Waals surface area contributed by atoms with Crippen LogP contribution in [0.5, 0.6) is 0 Å². The summed E-state index contributed by atoms with van der Waals surface area (Å²) in [5, 5.41) is 8.34. The van der Waals surface area contributed by atoms with E-state index in [1.165, 1.54) is 16.2 Å². The summed E-state index contributed by atoms with van der Waals surface area (Å²) >= 11 is 1.92. The Morgan fingerprint density at radius 2 is 2.24 bits per heavy atom. The van der Waals surface area contributed by atoms with Gasteiger partial charge in [-0.15, -0.1) is 11.3 Å². The first kappa shape index (κ1) is 14.7. The van der Waals surface area contributed by atoms with Gasteiger partial charge in [0.05, 0.1) is 6.04 Å². The predicted octanol–water partition coefficient (Wildman–Crippen LogP) is 3.65. The SMILES string of the molecule is CCc1nc2n(n1)CCC[C@@H]2N[C@@H](C)c1ccc(CC)s1. The molecule has 2 atom stereocenters. The highest BCUT2D eigenvalue weighted by Crippen LogP contribution is 2.29. The topological polar surface area (TPSA) is 42.7 Å². The van der Waals surface area contributed by atoms with Gasteiger partial charge in [0, 0.05) is 28.8 Å². The molecule has 0 spiro atoms. The van der Waals surface area contributed by atoms with Crippen LogP contribution in [-0.4, -0.2) is 14.8 Å². The molecule has 114 valence electrons. The Kier molecular flexibility index (Phi) is 4.40. The minimum atomic E-state index is 0.328. The lowest BCUT2D eigenvalue weighted by Crippen LogP contribution is -2.30. The molecule has 4 nitrogen and oxygen atoms in total. The molecule has 0 saturated carbocycles. The number of nitrogens with zero attached hydrogens (tertiary/aromatic N) is 3. The van der Waals surface area contributed by atoms with E-state index in [1.54, 1.807) is 0 Å². The number of aryl methyl sites for hydroxylation is 3. The average molecular weight is 304 g/mol. The van der Waals surface area contributed by atoms with Gasteiger partial charge in [-0.05, 0) is 38.3 Å². The van der Waals surface area contributed by atoms with Gasteiger partial charge in [-0.3, -0.25) is 5.32 Å². The first-order valence-electron chi connectivity index (χ1n) is 7.99. The highest BCUT2D eigenvalue weighted by Gasteiger charge is 2.25. The number of aromatic nitrogens is 3. The van der Waals surface area contributed by atoms with Gasteiger partial charge in [0.25, 0.3) is 0 Å². The smallest absolute Gasteiger partial charge is 0.150 e. The van der Waals surface area contributed by atoms with Crippen molar-refractivity contribution in [1.82, 2.24) is 20.1 Å². The molecule has 1 aliphatic heterocycles. The van der Waals surface area contributed by atoms with Crippen molar-refractivity contribution in [2.24, 2.45) is 0 Å². The van der Waals surface area contributed by atoms with Gasteiger partial charge in [-0.1, -0.05) is 13.8 Å². The van der Waals surface area contributed by atoms with Gasteiger partial charge in [0.15, 0.2) is 5.82 Å². The van der Waals surface area contributed by atoms with E-state index in [0.717, 1.165) is 37.5 Å². The molecule has 0 unspecified atom stereocenters. The minimum absolute atomic E-state index is 0.328. The molecule has 0 aliphatic carbocycles. The first-order valence-corrected chi connectivity index (χ1v) is 8.81. The number of hydrogen-bond donors (Lipinski definition) is 1. The molecule has 1 N–H and O–H groups in total. The molecular formula is C16H24N4S. The molecule has 0 radical (unpaired) electrons. The zero-order valence-electron chi connectivity index (χ0n) is 13.1. The lowest BCUT2D eigenvalue weighted by molar-refractivity contribution is 0.345. The van der Waals surface area contributed by atoms with Crippen LogP contribution in [0.2, 0.25) is 0 Å². The molecule has 0 fully saturated rings. The van der Waals surface area contributed by atoms with Crippen molar-refractivity contribution in [2.75, 3.05) is 0 Å². The Morgan fingerprint density at radius 3 is 2.95 bits per heavy atom. The van der Waals surface area contributed by atoms with Gasteiger partial charge < -0.3 is 0 Å². The molecule has 0 aromatic carbocycles. The van der Waals surface area contributed by atoms with Gasteiger partial charge in [-0.2, -0.15) is 5.10 Å². The van der Waals surface area contributed by atoms with Gasteiger partial charge in [0.1, 0.15) is 5.82 Å². The third-order valence-corrected chi connectivity index (χ3v) is 5.56. The van der Waals surface area contributed by atoms with Crippen molar-refractivity contribution in [3.05, 3.63) is 33.5 Å². The second-order valence-corrected chi connectivity index (χ2v) is 6.90. The molecule has 21 heavy (non-hydrogen) atoms. The summed E-state index contributed by atoms with van der Waals surface area (Å²) in [7, 11) is 0. The third-order valence-electron chi connectivity index (χ3n) is 4.14. The highest BCUT2D eigenvalue weighted by atomic mass is 32.1. The molecule has 3 heterocycles. The number of rotatable bonds is 5. The Bertz CT molecular complexity index is 601. The standard InChI is InChI=1S/C16H24N4S/c1-4-12-8-9-14(21-12)11(3)17-13-7-6-10-20-16(13)18-15(5-2)19-20/h8-9,11,13,17H,4-7,10H2,1-3H3/t11-,13-/m0/s1. The van der Waals surface area contributed by atoms with E-state index in [-0.39, 0.29) is 0 Å². The second kappa shape index (κ2) is 6.28. The lowest BCUT2D eigenvalue weighted by atomic mass is 10.1. The fourth-order valence-electron chi connectivity index (χ4n) is 2.91. The zero-order chi connectivity index (χ0) is 14.8. The second-order valence-electron chi connectivity index (χ2n) is 5.70. The van der Waals surface area contributed by atoms with Gasteiger partial charge in [-0.25, -0.2) is 9.67 Å². The zero-order valence-corrected chi connectivity index (χ0v) is 13.9. The molecule has 5 heteroatoms. The quantitative estimate of drug-likeness (QED) is 0.917. The van der Waals surface area contributed by atoms with E-state index >= 15 is 0 Å². The molecular weight excluding hydrogens is 280 g/mol. The van der Waals surface area contributed by atoms with Crippen LogP contribution in [0.4, 0.5) is 0 Å². The largest absolute Gasteiger partial charge is 0.300 e. The summed E-state index contributed by atoms with van der Waals surface area (Å²) in [6.45, 7) is 7.59. The third kappa shape index (κ3) is 3.04. The van der Waals surface area contributed by atoms with Gasteiger partial charge >= 0.3 is 0 Å². The normalized spacial score (nSPS) is 19.5. The number of nitrogens with one attached hydrogen (secondary N) is 1. The highest BCUT2D eigenvalue weighted by molar-refractivity contribution is 7.12. The Labute approximate surface area is 130 Å². The number of thiophene rings is 1. The van der Waals surface area contributed by atoms with Crippen LogP contribution in [0.3, 0.4) is 0 Å². The van der Waals surface area contributed by atoms with Crippen LogP contribution in [0, 0.1) is 0 Å². The maximum absolute atomic E-state index is 4.71. The molecule has 1 aliphatic rings. The van der Waals surface area contributed by atoms with E-state index in [9.17, 15) is 0 Å². The Morgan fingerprint density at radius 1 is 1.38 bits per heavy atom. The molecule has 2 aromatic heterocycles. The summed E-state index contributed by atoms with van der Waals surface area (Å²) in [6, 6.07) is 5.20. The van der Waals surface area contributed by atoms with Gasteiger partial charge in [0.2, 0.25) is 0 Å². The maximum atomic E-state index is 4.71. The predicted molar refractivity (Wildman–Crippen MR) is 86.6 cm³/mol. The van der Waals surface area contributed by atoms with Crippen molar-refractivity contribution >= 4 is 11.3 Å². The number of hydrogen-bond acceptors (Lipinski definition) is 4. The average Bonchev–Trinajstić information content (AvgIpc) is 3.14. The van der Waals surface area contributed by atoms with E-state index < -0.39 is 0 Å². The Balaban J connectivity index is 1.75. The maximum Gasteiger partial charge on any atom is 0.150 e. The van der Waals surface area contributed by atoms with Crippen LogP contribution < -0.4 is 5.32 Å². The molecule has 3 rings (SSSR count). The summed E-state index contributed by atoms with van der Waals surface area (Å²) in [4.78, 5) is 7.58. The summed E-state index contributed by atoms with van der Waals surface area (Å²) in [5.74, 6) is 2.09. The molecule has 2 aromatic rings. The lowest BCUT2D eigenvalue weighted by Gasteiger charge is -2.26. The van der Waals surface area contributed by atoms with E-state index in [1.807, 2.05) is 11.3 Å². The van der Waals surface area contributed by atoms with E-state index in [4.69, 9.17) is 4.98 Å². The van der Waals surface area contributed by atoms with Crippen LogP contribution in [0.1, 0.15) is 67.1 Å². The summed E-state index contributed by atoms with van der Waals surface area (Å²) in [6.07, 6.45) is 4.36. The van der Waals surface area contributed by atoms with Crippen LogP contribution in [0.25, 0.3) is 0 Å².